The molecule has 0 saturated carbocycles. The third-order valence-electron chi connectivity index (χ3n) is 5.17. The molecule has 0 aliphatic carbocycles. The Balaban J connectivity index is 1.49. The lowest BCUT2D eigenvalue weighted by Crippen LogP contribution is -2.32. The molecule has 1 aromatic heterocycles. The number of ether oxygens (including phenoxy) is 2. The number of carboxylic acid groups (broad SMARTS) is 1. The number of carboxylic acids is 1. The highest BCUT2D eigenvalue weighted by Gasteiger charge is 2.21. The average Bonchev–Trinajstić information content (AvgIpc) is 2.81. The zero-order chi connectivity index (χ0) is 21.6. The Morgan fingerprint density at radius 2 is 1.77 bits per heavy atom. The van der Waals surface area contributed by atoms with Crippen LogP contribution in [0.5, 0.6) is 11.5 Å². The lowest BCUT2D eigenvalue weighted by Gasteiger charge is -2.29. The number of carbonyl (C=O) groups is 1. The van der Waals surface area contributed by atoms with Gasteiger partial charge in [0.2, 0.25) is 5.95 Å². The molecule has 4 rings (SSSR count). The quantitative estimate of drug-likeness (QED) is 0.588. The Bertz CT molecular complexity index is 1050. The Kier molecular flexibility index (Phi) is 6.31. The zero-order valence-corrected chi connectivity index (χ0v) is 17.5. The molecule has 0 unspecified atom stereocenters. The molecule has 1 aliphatic heterocycles. The van der Waals surface area contributed by atoms with Gasteiger partial charge in [0.05, 0.1) is 12.3 Å². The SMILES string of the molecule is CCCOc1ccc(OCc2nc(N3CCc4ccccc4C3)ncc2C(=O)O)cc1. The van der Waals surface area contributed by atoms with Crippen molar-refractivity contribution in [3.63, 3.8) is 0 Å². The van der Waals surface area contributed by atoms with Crippen LogP contribution in [0.25, 0.3) is 0 Å². The second-order valence-electron chi connectivity index (χ2n) is 7.38. The molecular formula is C24H25N3O4. The molecule has 0 saturated heterocycles. The van der Waals surface area contributed by atoms with Crippen LogP contribution in [-0.2, 0) is 19.6 Å². The van der Waals surface area contributed by atoms with Gasteiger partial charge in [-0.2, -0.15) is 0 Å². The van der Waals surface area contributed by atoms with E-state index in [2.05, 4.69) is 33.9 Å². The van der Waals surface area contributed by atoms with Crippen molar-refractivity contribution >= 4 is 11.9 Å². The van der Waals surface area contributed by atoms with E-state index in [9.17, 15) is 9.90 Å². The summed E-state index contributed by atoms with van der Waals surface area (Å²) < 4.78 is 11.4. The molecule has 1 aliphatic rings. The van der Waals surface area contributed by atoms with Gasteiger partial charge >= 0.3 is 5.97 Å². The highest BCUT2D eigenvalue weighted by atomic mass is 16.5. The van der Waals surface area contributed by atoms with Gasteiger partial charge in [-0.15, -0.1) is 0 Å². The largest absolute Gasteiger partial charge is 0.494 e. The minimum absolute atomic E-state index is 0.0384. The summed E-state index contributed by atoms with van der Waals surface area (Å²) in [5.74, 6) is 0.834. The number of rotatable bonds is 8. The zero-order valence-electron chi connectivity index (χ0n) is 17.5. The first kappa shape index (κ1) is 20.7. The number of hydrogen-bond acceptors (Lipinski definition) is 6. The summed E-state index contributed by atoms with van der Waals surface area (Å²) in [5.41, 5.74) is 2.96. The summed E-state index contributed by atoms with van der Waals surface area (Å²) in [6.45, 7) is 4.23. The van der Waals surface area contributed by atoms with E-state index < -0.39 is 5.97 Å². The minimum atomic E-state index is -1.07. The monoisotopic (exact) mass is 419 g/mol. The van der Waals surface area contributed by atoms with Crippen molar-refractivity contribution in [2.75, 3.05) is 18.1 Å². The van der Waals surface area contributed by atoms with E-state index in [0.717, 1.165) is 25.1 Å². The summed E-state index contributed by atoms with van der Waals surface area (Å²) in [6.07, 6.45) is 3.21. The van der Waals surface area contributed by atoms with E-state index in [0.29, 0.717) is 30.5 Å². The lowest BCUT2D eigenvalue weighted by molar-refractivity contribution is 0.0692. The van der Waals surface area contributed by atoms with E-state index in [-0.39, 0.29) is 12.2 Å². The number of fused-ring (bicyclic) bond motifs is 1. The normalized spacial score (nSPS) is 12.9. The van der Waals surface area contributed by atoms with Gasteiger partial charge in [-0.3, -0.25) is 0 Å². The van der Waals surface area contributed by atoms with Crippen molar-refractivity contribution < 1.29 is 19.4 Å². The molecule has 0 amide bonds. The van der Waals surface area contributed by atoms with Crippen molar-refractivity contribution in [1.29, 1.82) is 0 Å². The van der Waals surface area contributed by atoms with Crippen molar-refractivity contribution in [3.8, 4) is 11.5 Å². The van der Waals surface area contributed by atoms with Crippen LogP contribution in [0.15, 0.2) is 54.7 Å². The number of aromatic carboxylic acids is 1. The molecule has 0 fully saturated rings. The molecule has 7 heteroatoms. The molecular weight excluding hydrogens is 394 g/mol. The minimum Gasteiger partial charge on any atom is -0.494 e. The van der Waals surface area contributed by atoms with Crippen LogP contribution in [0.4, 0.5) is 5.95 Å². The maximum atomic E-state index is 11.7. The van der Waals surface area contributed by atoms with E-state index >= 15 is 0 Å². The van der Waals surface area contributed by atoms with Gasteiger partial charge in [-0.25, -0.2) is 14.8 Å². The van der Waals surface area contributed by atoms with Crippen molar-refractivity contribution in [1.82, 2.24) is 9.97 Å². The van der Waals surface area contributed by atoms with Crippen LogP contribution in [0, 0.1) is 0 Å². The fourth-order valence-corrected chi connectivity index (χ4v) is 3.52. The van der Waals surface area contributed by atoms with Gasteiger partial charge in [0, 0.05) is 19.3 Å². The smallest absolute Gasteiger partial charge is 0.339 e. The van der Waals surface area contributed by atoms with Gasteiger partial charge in [0.25, 0.3) is 0 Å². The predicted molar refractivity (Wildman–Crippen MR) is 117 cm³/mol. The fourth-order valence-electron chi connectivity index (χ4n) is 3.52. The van der Waals surface area contributed by atoms with Gasteiger partial charge in [0.1, 0.15) is 23.7 Å². The number of aromatic nitrogens is 2. The Hall–Kier alpha value is -3.61. The van der Waals surface area contributed by atoms with E-state index in [1.807, 2.05) is 24.3 Å². The molecule has 0 atom stereocenters. The molecule has 3 aromatic rings. The first-order valence-electron chi connectivity index (χ1n) is 10.4. The Morgan fingerprint density at radius 1 is 1.06 bits per heavy atom. The van der Waals surface area contributed by atoms with Gasteiger partial charge in [-0.05, 0) is 48.2 Å². The molecule has 2 heterocycles. The number of hydrogen-bond donors (Lipinski definition) is 1. The van der Waals surface area contributed by atoms with Gasteiger partial charge in [0.15, 0.2) is 0 Å². The van der Waals surface area contributed by atoms with Crippen LogP contribution in [0.2, 0.25) is 0 Å². The van der Waals surface area contributed by atoms with Crippen molar-refractivity contribution in [3.05, 3.63) is 77.1 Å². The molecule has 2 aromatic carbocycles. The topological polar surface area (TPSA) is 84.8 Å². The van der Waals surface area contributed by atoms with Gasteiger partial charge in [-0.1, -0.05) is 31.2 Å². The summed E-state index contributed by atoms with van der Waals surface area (Å²) >= 11 is 0. The average molecular weight is 419 g/mol. The van der Waals surface area contributed by atoms with Crippen LogP contribution < -0.4 is 14.4 Å². The lowest BCUT2D eigenvalue weighted by atomic mass is 10.0. The Morgan fingerprint density at radius 3 is 2.48 bits per heavy atom. The number of nitrogens with zero attached hydrogens (tertiary/aromatic N) is 3. The maximum absolute atomic E-state index is 11.7. The van der Waals surface area contributed by atoms with Crippen LogP contribution in [-0.4, -0.2) is 34.2 Å². The number of anilines is 1. The van der Waals surface area contributed by atoms with Crippen molar-refractivity contribution in [2.45, 2.75) is 32.9 Å². The molecule has 0 spiro atoms. The third-order valence-corrected chi connectivity index (χ3v) is 5.17. The highest BCUT2D eigenvalue weighted by molar-refractivity contribution is 5.88. The van der Waals surface area contributed by atoms with E-state index in [1.165, 1.54) is 17.3 Å². The molecule has 0 radical (unpaired) electrons. The van der Waals surface area contributed by atoms with Crippen LogP contribution in [0.1, 0.15) is 40.5 Å². The summed E-state index contributed by atoms with van der Waals surface area (Å²) in [4.78, 5) is 22.6. The summed E-state index contributed by atoms with van der Waals surface area (Å²) in [7, 11) is 0. The first-order chi connectivity index (χ1) is 15.1. The van der Waals surface area contributed by atoms with Crippen LogP contribution >= 0.6 is 0 Å². The fraction of sp³-hybridized carbons (Fsp3) is 0.292. The van der Waals surface area contributed by atoms with Crippen LogP contribution in [0.3, 0.4) is 0 Å². The summed E-state index contributed by atoms with van der Waals surface area (Å²) in [6, 6.07) is 15.6. The molecule has 7 nitrogen and oxygen atoms in total. The molecule has 160 valence electrons. The molecule has 1 N–H and O–H groups in total. The standard InChI is InChI=1S/C24H25N3O4/c1-2-13-30-19-7-9-20(10-8-19)31-16-22-21(23(28)29)14-25-24(26-22)27-12-11-17-5-3-4-6-18(17)15-27/h3-10,14H,2,11-13,15-16H2,1H3,(H,28,29). The van der Waals surface area contributed by atoms with Crippen molar-refractivity contribution in [2.24, 2.45) is 0 Å². The third kappa shape index (κ3) is 4.94. The predicted octanol–water partition coefficient (Wildman–Crippen LogP) is 4.11. The van der Waals surface area contributed by atoms with Gasteiger partial charge < -0.3 is 19.5 Å². The Labute approximate surface area is 181 Å². The van der Waals surface area contributed by atoms with E-state index in [1.54, 1.807) is 12.1 Å². The highest BCUT2D eigenvalue weighted by Crippen LogP contribution is 2.24. The number of benzene rings is 2. The first-order valence-corrected chi connectivity index (χ1v) is 10.4. The second-order valence-corrected chi connectivity index (χ2v) is 7.38. The maximum Gasteiger partial charge on any atom is 0.339 e. The van der Waals surface area contributed by atoms with E-state index in [4.69, 9.17) is 9.47 Å². The second kappa shape index (κ2) is 9.47. The molecule has 0 bridgehead atoms. The summed E-state index contributed by atoms with van der Waals surface area (Å²) in [5, 5.41) is 9.55. The molecule has 31 heavy (non-hydrogen) atoms.